The fraction of sp³-hybridized carbons (Fsp3) is 0.125. The fourth-order valence-electron chi connectivity index (χ4n) is 2.24. The summed E-state index contributed by atoms with van der Waals surface area (Å²) in [7, 11) is 0. The van der Waals surface area contributed by atoms with Gasteiger partial charge in [0.2, 0.25) is 0 Å². The molecule has 0 saturated heterocycles. The number of halogens is 1. The summed E-state index contributed by atoms with van der Waals surface area (Å²) in [5, 5.41) is 2.93. The van der Waals surface area contributed by atoms with E-state index in [1.807, 2.05) is 0 Å². The molecule has 0 atom stereocenters. The number of carbonyl (C=O) groups excluding carboxylic acids is 2. The summed E-state index contributed by atoms with van der Waals surface area (Å²) in [5.41, 5.74) is 6.14. The zero-order valence-electron chi connectivity index (χ0n) is 12.0. The first-order valence-electron chi connectivity index (χ1n) is 6.85. The maximum Gasteiger partial charge on any atom is 0.255 e. The maximum absolute atomic E-state index is 12.4. The van der Waals surface area contributed by atoms with Crippen molar-refractivity contribution < 1.29 is 19.1 Å². The van der Waals surface area contributed by atoms with Gasteiger partial charge in [-0.3, -0.25) is 9.59 Å². The van der Waals surface area contributed by atoms with E-state index in [0.29, 0.717) is 36.0 Å². The van der Waals surface area contributed by atoms with Crippen LogP contribution in [0.3, 0.4) is 0 Å². The molecule has 23 heavy (non-hydrogen) atoms. The fourth-order valence-corrected chi connectivity index (χ4v) is 2.51. The number of hydrogen-bond donors (Lipinski definition) is 2. The molecule has 2 aromatic carbocycles. The Balaban J connectivity index is 1.90. The Morgan fingerprint density at radius 3 is 2.65 bits per heavy atom. The highest BCUT2D eigenvalue weighted by Crippen LogP contribution is 2.38. The van der Waals surface area contributed by atoms with Crippen LogP contribution in [0.5, 0.6) is 11.5 Å². The highest BCUT2D eigenvalue weighted by Gasteiger charge is 2.20. The van der Waals surface area contributed by atoms with Crippen LogP contribution < -0.4 is 20.5 Å². The molecule has 0 aromatic heterocycles. The minimum absolute atomic E-state index is 0.226. The predicted octanol–water partition coefficient (Wildman–Crippen LogP) is 2.46. The number of fused-ring (bicyclic) bond motifs is 1. The number of hydrogen-bond acceptors (Lipinski definition) is 4. The van der Waals surface area contributed by atoms with Crippen molar-refractivity contribution in [2.45, 2.75) is 0 Å². The number of amides is 2. The largest absolute Gasteiger partial charge is 0.486 e. The Morgan fingerprint density at radius 1 is 1.13 bits per heavy atom. The highest BCUT2D eigenvalue weighted by molar-refractivity contribution is 6.32. The Morgan fingerprint density at radius 2 is 1.87 bits per heavy atom. The first kappa shape index (κ1) is 15.2. The van der Waals surface area contributed by atoms with E-state index in [2.05, 4.69) is 5.32 Å². The smallest absolute Gasteiger partial charge is 0.255 e. The van der Waals surface area contributed by atoms with Crippen LogP contribution in [0.15, 0.2) is 36.4 Å². The standard InChI is InChI=1S/C16H13ClN2O4/c17-11-7-9(8-13-14(11)23-6-5-22-13)16(21)19-12-4-2-1-3-10(12)15(18)20/h1-4,7-8H,5-6H2,(H2,18,20)(H,19,21). The van der Waals surface area contributed by atoms with Gasteiger partial charge in [-0.05, 0) is 24.3 Å². The van der Waals surface area contributed by atoms with E-state index >= 15 is 0 Å². The first-order chi connectivity index (χ1) is 11.1. The van der Waals surface area contributed by atoms with Gasteiger partial charge >= 0.3 is 0 Å². The number of anilines is 1. The Kier molecular flexibility index (Phi) is 4.08. The van der Waals surface area contributed by atoms with Crippen LogP contribution in [-0.2, 0) is 0 Å². The predicted molar refractivity (Wildman–Crippen MR) is 85.4 cm³/mol. The first-order valence-corrected chi connectivity index (χ1v) is 7.23. The van der Waals surface area contributed by atoms with E-state index in [9.17, 15) is 9.59 Å². The molecule has 1 heterocycles. The van der Waals surface area contributed by atoms with Gasteiger partial charge in [-0.15, -0.1) is 0 Å². The molecule has 0 saturated carbocycles. The topological polar surface area (TPSA) is 90.7 Å². The van der Waals surface area contributed by atoms with Crippen LogP contribution in [-0.4, -0.2) is 25.0 Å². The molecule has 1 aliphatic rings. The lowest BCUT2D eigenvalue weighted by Gasteiger charge is -2.20. The third kappa shape index (κ3) is 3.07. The summed E-state index contributed by atoms with van der Waals surface area (Å²) in [6, 6.07) is 9.52. The Bertz CT molecular complexity index is 792. The van der Waals surface area contributed by atoms with E-state index in [4.69, 9.17) is 26.8 Å². The van der Waals surface area contributed by atoms with Crippen molar-refractivity contribution >= 4 is 29.1 Å². The van der Waals surface area contributed by atoms with Gasteiger partial charge in [0, 0.05) is 5.56 Å². The van der Waals surface area contributed by atoms with E-state index in [1.165, 1.54) is 12.1 Å². The second-order valence-corrected chi connectivity index (χ2v) is 5.25. The SMILES string of the molecule is NC(=O)c1ccccc1NC(=O)c1cc(Cl)c2c(c1)OCCO2. The third-order valence-electron chi connectivity index (χ3n) is 3.30. The lowest BCUT2D eigenvalue weighted by molar-refractivity contribution is 0.100. The van der Waals surface area contributed by atoms with Gasteiger partial charge in [-0.25, -0.2) is 0 Å². The van der Waals surface area contributed by atoms with Crippen molar-refractivity contribution in [2.75, 3.05) is 18.5 Å². The minimum atomic E-state index is -0.624. The van der Waals surface area contributed by atoms with Gasteiger partial charge in [-0.2, -0.15) is 0 Å². The molecular weight excluding hydrogens is 320 g/mol. The van der Waals surface area contributed by atoms with Crippen molar-refractivity contribution in [3.05, 3.63) is 52.5 Å². The average Bonchev–Trinajstić information content (AvgIpc) is 2.55. The van der Waals surface area contributed by atoms with Crippen LogP contribution >= 0.6 is 11.6 Å². The number of nitrogens with two attached hydrogens (primary N) is 1. The zero-order valence-corrected chi connectivity index (χ0v) is 12.7. The second-order valence-electron chi connectivity index (χ2n) is 4.85. The zero-order chi connectivity index (χ0) is 16.4. The van der Waals surface area contributed by atoms with E-state index in [0.717, 1.165) is 0 Å². The summed E-state index contributed by atoms with van der Waals surface area (Å²) < 4.78 is 10.9. The van der Waals surface area contributed by atoms with E-state index < -0.39 is 11.8 Å². The molecule has 0 unspecified atom stereocenters. The molecule has 6 nitrogen and oxygen atoms in total. The molecule has 0 aliphatic carbocycles. The van der Waals surface area contributed by atoms with Crippen LogP contribution in [0, 0.1) is 0 Å². The van der Waals surface area contributed by atoms with Crippen molar-refractivity contribution in [1.82, 2.24) is 0 Å². The molecular formula is C16H13ClN2O4. The van der Waals surface area contributed by atoms with Crippen LogP contribution in [0.25, 0.3) is 0 Å². The summed E-state index contributed by atoms with van der Waals surface area (Å²) in [5.74, 6) is -0.220. The van der Waals surface area contributed by atoms with Gasteiger partial charge < -0.3 is 20.5 Å². The number of para-hydroxylation sites is 1. The highest BCUT2D eigenvalue weighted by atomic mass is 35.5. The molecule has 7 heteroatoms. The Labute approximate surface area is 137 Å². The molecule has 2 aromatic rings. The number of ether oxygens (including phenoxy) is 2. The molecule has 0 radical (unpaired) electrons. The maximum atomic E-state index is 12.4. The number of nitrogens with one attached hydrogen (secondary N) is 1. The summed E-state index contributed by atoms with van der Waals surface area (Å²) >= 11 is 6.12. The quantitative estimate of drug-likeness (QED) is 0.903. The van der Waals surface area contributed by atoms with E-state index in [-0.39, 0.29) is 10.6 Å². The molecule has 0 fully saturated rings. The number of primary amides is 1. The van der Waals surface area contributed by atoms with Gasteiger partial charge in [0.1, 0.15) is 13.2 Å². The molecule has 2 amide bonds. The van der Waals surface area contributed by atoms with Gasteiger partial charge in [0.05, 0.1) is 16.3 Å². The molecule has 3 rings (SSSR count). The van der Waals surface area contributed by atoms with Gasteiger partial charge in [0.15, 0.2) is 11.5 Å². The summed E-state index contributed by atoms with van der Waals surface area (Å²) in [6.07, 6.45) is 0. The third-order valence-corrected chi connectivity index (χ3v) is 3.58. The molecule has 1 aliphatic heterocycles. The van der Waals surface area contributed by atoms with Crippen molar-refractivity contribution in [3.63, 3.8) is 0 Å². The number of rotatable bonds is 3. The number of benzene rings is 2. The van der Waals surface area contributed by atoms with Crippen LogP contribution in [0.2, 0.25) is 5.02 Å². The lowest BCUT2D eigenvalue weighted by Crippen LogP contribution is -2.19. The van der Waals surface area contributed by atoms with Crippen LogP contribution in [0.4, 0.5) is 5.69 Å². The lowest BCUT2D eigenvalue weighted by atomic mass is 10.1. The van der Waals surface area contributed by atoms with E-state index in [1.54, 1.807) is 24.3 Å². The molecule has 3 N–H and O–H groups in total. The monoisotopic (exact) mass is 332 g/mol. The van der Waals surface area contributed by atoms with Crippen molar-refractivity contribution in [3.8, 4) is 11.5 Å². The minimum Gasteiger partial charge on any atom is -0.486 e. The van der Waals surface area contributed by atoms with Crippen LogP contribution in [0.1, 0.15) is 20.7 Å². The Hall–Kier alpha value is -2.73. The molecule has 0 spiro atoms. The average molecular weight is 333 g/mol. The molecule has 118 valence electrons. The summed E-state index contributed by atoms with van der Waals surface area (Å²) in [4.78, 5) is 23.8. The van der Waals surface area contributed by atoms with Crippen molar-refractivity contribution in [2.24, 2.45) is 5.73 Å². The number of carbonyl (C=O) groups is 2. The van der Waals surface area contributed by atoms with Gasteiger partial charge in [0.25, 0.3) is 11.8 Å². The summed E-state index contributed by atoms with van der Waals surface area (Å²) in [6.45, 7) is 0.795. The molecule has 0 bridgehead atoms. The normalized spacial score (nSPS) is 12.6. The van der Waals surface area contributed by atoms with Gasteiger partial charge in [-0.1, -0.05) is 23.7 Å². The second kappa shape index (κ2) is 6.18. The van der Waals surface area contributed by atoms with Crippen molar-refractivity contribution in [1.29, 1.82) is 0 Å².